The van der Waals surface area contributed by atoms with Crippen LogP contribution in [0, 0.1) is 0 Å². The summed E-state index contributed by atoms with van der Waals surface area (Å²) in [6.45, 7) is 1.97. The molecule has 2 aromatic rings. The van der Waals surface area contributed by atoms with Crippen molar-refractivity contribution in [1.29, 1.82) is 0 Å². The second-order valence-electron chi connectivity index (χ2n) is 3.60. The number of pyridine rings is 1. The van der Waals surface area contributed by atoms with Crippen LogP contribution in [0.25, 0.3) is 5.69 Å². The molecule has 0 spiro atoms. The van der Waals surface area contributed by atoms with Crippen molar-refractivity contribution in [2.45, 2.75) is 18.7 Å². The Kier molecular flexibility index (Phi) is 3.54. The smallest absolute Gasteiger partial charge is 0.153 e. The lowest BCUT2D eigenvalue weighted by Crippen LogP contribution is -2.05. The number of aromatic nitrogens is 3. The predicted molar refractivity (Wildman–Crippen MR) is 65.6 cm³/mol. The van der Waals surface area contributed by atoms with Crippen LogP contribution in [0.2, 0.25) is 0 Å². The molecule has 1 unspecified atom stereocenters. The van der Waals surface area contributed by atoms with Crippen molar-refractivity contribution in [3.05, 3.63) is 42.0 Å². The fraction of sp³-hybridized carbons (Fsp3) is 0.250. The van der Waals surface area contributed by atoms with E-state index in [-0.39, 0.29) is 5.38 Å². The van der Waals surface area contributed by atoms with Gasteiger partial charge in [0.2, 0.25) is 0 Å². The van der Waals surface area contributed by atoms with Crippen LogP contribution in [-0.4, -0.2) is 21.1 Å². The lowest BCUT2D eigenvalue weighted by Gasteiger charge is -2.11. The predicted octanol–water partition coefficient (Wildman–Crippen LogP) is 2.77. The average molecular weight is 250 g/mol. The summed E-state index contributed by atoms with van der Waals surface area (Å²) in [5, 5.41) is 3.97. The van der Waals surface area contributed by atoms with Gasteiger partial charge in [0.1, 0.15) is 0 Å². The molecule has 0 aliphatic heterocycles. The molecule has 0 saturated carbocycles. The van der Waals surface area contributed by atoms with Crippen molar-refractivity contribution in [1.82, 2.24) is 14.8 Å². The summed E-state index contributed by atoms with van der Waals surface area (Å²) in [7, 11) is 0. The SMILES string of the molecule is CCC(Cl)c1c(C=O)cnn1-c1ccncc1. The summed E-state index contributed by atoms with van der Waals surface area (Å²) in [5.41, 5.74) is 2.11. The van der Waals surface area contributed by atoms with E-state index in [9.17, 15) is 4.79 Å². The second kappa shape index (κ2) is 5.10. The molecule has 2 heterocycles. The minimum atomic E-state index is -0.231. The molecular formula is C12H12ClN3O. The van der Waals surface area contributed by atoms with Crippen molar-refractivity contribution >= 4 is 17.9 Å². The number of halogens is 1. The molecule has 2 rings (SSSR count). The highest BCUT2D eigenvalue weighted by Gasteiger charge is 2.18. The molecule has 0 aromatic carbocycles. The van der Waals surface area contributed by atoms with E-state index in [1.165, 1.54) is 6.20 Å². The van der Waals surface area contributed by atoms with E-state index in [0.717, 1.165) is 24.1 Å². The Morgan fingerprint density at radius 2 is 2.18 bits per heavy atom. The number of carbonyl (C=O) groups excluding carboxylic acids is 1. The Balaban J connectivity index is 2.55. The maximum Gasteiger partial charge on any atom is 0.153 e. The number of hydrogen-bond donors (Lipinski definition) is 0. The van der Waals surface area contributed by atoms with Gasteiger partial charge in [-0.15, -0.1) is 11.6 Å². The molecule has 1 atom stereocenters. The first kappa shape index (κ1) is 11.8. The van der Waals surface area contributed by atoms with Gasteiger partial charge in [-0.1, -0.05) is 6.92 Å². The third-order valence-electron chi connectivity index (χ3n) is 2.53. The second-order valence-corrected chi connectivity index (χ2v) is 4.12. The maximum absolute atomic E-state index is 11.0. The van der Waals surface area contributed by atoms with Crippen molar-refractivity contribution < 1.29 is 4.79 Å². The van der Waals surface area contributed by atoms with Crippen molar-refractivity contribution in [2.24, 2.45) is 0 Å². The van der Waals surface area contributed by atoms with Gasteiger partial charge >= 0.3 is 0 Å². The molecule has 0 amide bonds. The van der Waals surface area contributed by atoms with Gasteiger partial charge in [0.25, 0.3) is 0 Å². The van der Waals surface area contributed by atoms with Gasteiger partial charge in [-0.2, -0.15) is 5.10 Å². The van der Waals surface area contributed by atoms with Crippen molar-refractivity contribution in [3.63, 3.8) is 0 Å². The largest absolute Gasteiger partial charge is 0.298 e. The summed E-state index contributed by atoms with van der Waals surface area (Å²) < 4.78 is 1.69. The molecule has 0 fully saturated rings. The van der Waals surface area contributed by atoms with Gasteiger partial charge in [-0.25, -0.2) is 4.68 Å². The lowest BCUT2D eigenvalue weighted by molar-refractivity contribution is 0.112. The van der Waals surface area contributed by atoms with Crippen LogP contribution in [0.3, 0.4) is 0 Å². The van der Waals surface area contributed by atoms with Crippen molar-refractivity contribution in [2.75, 3.05) is 0 Å². The Morgan fingerprint density at radius 1 is 1.47 bits per heavy atom. The van der Waals surface area contributed by atoms with Gasteiger partial charge in [0.15, 0.2) is 6.29 Å². The summed E-state index contributed by atoms with van der Waals surface area (Å²) in [6.07, 6.45) is 6.41. The average Bonchev–Trinajstić information content (AvgIpc) is 2.82. The van der Waals surface area contributed by atoms with Crippen LogP contribution < -0.4 is 0 Å². The third kappa shape index (κ3) is 2.22. The maximum atomic E-state index is 11.0. The number of rotatable bonds is 4. The van der Waals surface area contributed by atoms with Gasteiger partial charge in [0.05, 0.1) is 28.5 Å². The summed E-state index contributed by atoms with van der Waals surface area (Å²) in [5.74, 6) is 0. The highest BCUT2D eigenvalue weighted by atomic mass is 35.5. The molecule has 0 saturated heterocycles. The zero-order valence-electron chi connectivity index (χ0n) is 9.38. The fourth-order valence-electron chi connectivity index (χ4n) is 1.66. The zero-order valence-corrected chi connectivity index (χ0v) is 10.1. The van der Waals surface area contributed by atoms with Crippen molar-refractivity contribution in [3.8, 4) is 5.69 Å². The number of carbonyl (C=O) groups is 1. The topological polar surface area (TPSA) is 47.8 Å². The van der Waals surface area contributed by atoms with E-state index < -0.39 is 0 Å². The molecule has 88 valence electrons. The standard InChI is InChI=1S/C12H12ClN3O/c1-2-11(13)12-9(8-17)7-15-16(12)10-3-5-14-6-4-10/h3-8,11H,2H2,1H3. The molecule has 0 aliphatic rings. The van der Waals surface area contributed by atoms with Gasteiger partial charge in [0, 0.05) is 12.4 Å². The summed E-state index contributed by atoms with van der Waals surface area (Å²) >= 11 is 6.24. The molecule has 0 radical (unpaired) electrons. The minimum Gasteiger partial charge on any atom is -0.298 e. The summed E-state index contributed by atoms with van der Waals surface area (Å²) in [4.78, 5) is 14.9. The molecule has 0 N–H and O–H groups in total. The van der Waals surface area contributed by atoms with E-state index in [2.05, 4.69) is 10.1 Å². The first-order chi connectivity index (χ1) is 8.27. The highest BCUT2D eigenvalue weighted by molar-refractivity contribution is 6.21. The first-order valence-electron chi connectivity index (χ1n) is 5.35. The molecular weight excluding hydrogens is 238 g/mol. The molecule has 4 nitrogen and oxygen atoms in total. The molecule has 0 bridgehead atoms. The summed E-state index contributed by atoms with van der Waals surface area (Å²) in [6, 6.07) is 3.65. The Labute approximate surface area is 104 Å². The molecule has 5 heteroatoms. The Morgan fingerprint density at radius 3 is 2.76 bits per heavy atom. The number of hydrogen-bond acceptors (Lipinski definition) is 3. The van der Waals surface area contributed by atoms with Crippen LogP contribution in [0.1, 0.15) is 34.8 Å². The van der Waals surface area contributed by atoms with Crippen LogP contribution in [0.15, 0.2) is 30.7 Å². The third-order valence-corrected chi connectivity index (χ3v) is 3.04. The number of alkyl halides is 1. The van der Waals surface area contributed by atoms with Crippen LogP contribution >= 0.6 is 11.6 Å². The Hall–Kier alpha value is -1.68. The molecule has 17 heavy (non-hydrogen) atoms. The molecule has 0 aliphatic carbocycles. The normalized spacial score (nSPS) is 12.4. The van der Waals surface area contributed by atoms with E-state index in [1.54, 1.807) is 17.1 Å². The van der Waals surface area contributed by atoms with E-state index in [1.807, 2.05) is 19.1 Å². The fourth-order valence-corrected chi connectivity index (χ4v) is 1.88. The van der Waals surface area contributed by atoms with Gasteiger partial charge < -0.3 is 0 Å². The van der Waals surface area contributed by atoms with E-state index >= 15 is 0 Å². The quantitative estimate of drug-likeness (QED) is 0.618. The lowest BCUT2D eigenvalue weighted by atomic mass is 10.1. The van der Waals surface area contributed by atoms with Crippen LogP contribution in [0.4, 0.5) is 0 Å². The van der Waals surface area contributed by atoms with Gasteiger partial charge in [-0.3, -0.25) is 9.78 Å². The minimum absolute atomic E-state index is 0.231. The Bertz CT molecular complexity index is 510. The van der Waals surface area contributed by atoms with E-state index in [4.69, 9.17) is 11.6 Å². The van der Waals surface area contributed by atoms with Gasteiger partial charge in [-0.05, 0) is 18.6 Å². The van der Waals surface area contributed by atoms with Crippen LogP contribution in [0.5, 0.6) is 0 Å². The zero-order chi connectivity index (χ0) is 12.3. The monoisotopic (exact) mass is 249 g/mol. The van der Waals surface area contributed by atoms with Crippen LogP contribution in [-0.2, 0) is 0 Å². The number of aldehydes is 1. The first-order valence-corrected chi connectivity index (χ1v) is 5.79. The molecule has 2 aromatic heterocycles. The highest BCUT2D eigenvalue weighted by Crippen LogP contribution is 2.28. The van der Waals surface area contributed by atoms with E-state index in [0.29, 0.717) is 5.56 Å². The number of nitrogens with zero attached hydrogens (tertiary/aromatic N) is 3.